The largest absolute Gasteiger partial charge is 0.447 e. The molecule has 0 aliphatic rings. The zero-order chi connectivity index (χ0) is 14.1. The predicted molar refractivity (Wildman–Crippen MR) is 72.1 cm³/mol. The molecular formula is C12H22N2O4S. The summed E-state index contributed by atoms with van der Waals surface area (Å²) >= 11 is 0. The van der Waals surface area contributed by atoms with Crippen LogP contribution in [0.3, 0.4) is 0 Å². The summed E-state index contributed by atoms with van der Waals surface area (Å²) in [4.78, 5) is 0. The predicted octanol–water partition coefficient (Wildman–Crippen LogP) is 1.22. The van der Waals surface area contributed by atoms with E-state index in [4.69, 9.17) is 14.3 Å². The Hall–Kier alpha value is -0.890. The van der Waals surface area contributed by atoms with Crippen molar-refractivity contribution in [2.24, 2.45) is 5.14 Å². The molecule has 0 fully saturated rings. The fraction of sp³-hybridized carbons (Fsp3) is 0.667. The molecule has 1 aromatic rings. The lowest BCUT2D eigenvalue weighted by molar-refractivity contribution is 0.128. The molecule has 0 unspecified atom stereocenters. The third-order valence-electron chi connectivity index (χ3n) is 2.50. The highest BCUT2D eigenvalue weighted by atomic mass is 32.2. The van der Waals surface area contributed by atoms with Crippen molar-refractivity contribution in [2.75, 3.05) is 19.8 Å². The molecule has 7 heteroatoms. The smallest absolute Gasteiger partial charge is 0.271 e. The van der Waals surface area contributed by atoms with Crippen LogP contribution in [0.2, 0.25) is 0 Å². The van der Waals surface area contributed by atoms with Crippen molar-refractivity contribution in [3.8, 4) is 0 Å². The minimum atomic E-state index is -3.74. The van der Waals surface area contributed by atoms with Crippen LogP contribution >= 0.6 is 0 Å². The molecule has 0 aliphatic heterocycles. The van der Waals surface area contributed by atoms with Crippen LogP contribution in [0, 0.1) is 0 Å². The number of ether oxygens (including phenoxy) is 1. The van der Waals surface area contributed by atoms with E-state index in [1.807, 2.05) is 0 Å². The van der Waals surface area contributed by atoms with E-state index in [1.165, 1.54) is 6.07 Å². The van der Waals surface area contributed by atoms with Crippen LogP contribution in [0.5, 0.6) is 0 Å². The molecule has 3 N–H and O–H groups in total. The average Bonchev–Trinajstić information content (AvgIpc) is 2.81. The van der Waals surface area contributed by atoms with Crippen molar-refractivity contribution in [2.45, 2.75) is 37.8 Å². The van der Waals surface area contributed by atoms with Crippen molar-refractivity contribution < 1.29 is 17.6 Å². The van der Waals surface area contributed by atoms with Gasteiger partial charge in [-0.15, -0.1) is 0 Å². The molecule has 0 saturated heterocycles. The minimum absolute atomic E-state index is 0.202. The van der Waals surface area contributed by atoms with E-state index in [-0.39, 0.29) is 5.09 Å². The first-order chi connectivity index (χ1) is 9.04. The summed E-state index contributed by atoms with van der Waals surface area (Å²) in [6.45, 7) is 4.94. The molecule has 0 spiro atoms. The average molecular weight is 290 g/mol. The Labute approximate surface area is 114 Å². The second kappa shape index (κ2) is 8.31. The monoisotopic (exact) mass is 290 g/mol. The highest BCUT2D eigenvalue weighted by Gasteiger charge is 2.12. The Kier molecular flexibility index (Phi) is 7.07. The molecule has 0 aliphatic carbocycles. The molecule has 0 bridgehead atoms. The molecular weight excluding hydrogens is 268 g/mol. The second-order valence-corrected chi connectivity index (χ2v) is 5.75. The maximum Gasteiger partial charge on any atom is 0.271 e. The van der Waals surface area contributed by atoms with Gasteiger partial charge in [0.05, 0.1) is 6.54 Å². The fourth-order valence-electron chi connectivity index (χ4n) is 1.47. The maximum atomic E-state index is 11.0. The molecule has 0 aromatic carbocycles. The number of furan rings is 1. The third kappa shape index (κ3) is 6.72. The lowest BCUT2D eigenvalue weighted by Gasteiger charge is -2.04. The van der Waals surface area contributed by atoms with Gasteiger partial charge in [-0.1, -0.05) is 13.3 Å². The summed E-state index contributed by atoms with van der Waals surface area (Å²) in [7, 11) is -3.74. The molecule has 1 aromatic heterocycles. The lowest BCUT2D eigenvalue weighted by Crippen LogP contribution is -2.16. The normalized spacial score (nSPS) is 11.9. The number of sulfonamides is 1. The van der Waals surface area contributed by atoms with Gasteiger partial charge < -0.3 is 14.5 Å². The topological polar surface area (TPSA) is 94.6 Å². The highest BCUT2D eigenvalue weighted by molar-refractivity contribution is 7.89. The molecule has 0 atom stereocenters. The van der Waals surface area contributed by atoms with Crippen LogP contribution < -0.4 is 10.5 Å². The zero-order valence-electron chi connectivity index (χ0n) is 11.2. The Balaban J connectivity index is 2.11. The van der Waals surface area contributed by atoms with E-state index in [9.17, 15) is 8.42 Å². The van der Waals surface area contributed by atoms with Gasteiger partial charge in [0.15, 0.2) is 0 Å². The van der Waals surface area contributed by atoms with E-state index in [0.29, 0.717) is 12.3 Å². The number of nitrogens with one attached hydrogen (secondary N) is 1. The first-order valence-corrected chi connectivity index (χ1v) is 7.98. The van der Waals surface area contributed by atoms with E-state index in [0.717, 1.165) is 39.0 Å². The van der Waals surface area contributed by atoms with Crippen LogP contribution in [-0.2, 0) is 21.3 Å². The number of nitrogens with two attached hydrogens (primary N) is 1. The summed E-state index contributed by atoms with van der Waals surface area (Å²) < 4.78 is 32.5. The van der Waals surface area contributed by atoms with Crippen molar-refractivity contribution in [1.82, 2.24) is 5.32 Å². The zero-order valence-corrected chi connectivity index (χ0v) is 12.0. The van der Waals surface area contributed by atoms with Crippen molar-refractivity contribution in [1.29, 1.82) is 0 Å². The van der Waals surface area contributed by atoms with Crippen LogP contribution in [0.4, 0.5) is 0 Å². The maximum absolute atomic E-state index is 11.0. The number of unbranched alkanes of at least 4 members (excludes halogenated alkanes) is 1. The van der Waals surface area contributed by atoms with Gasteiger partial charge in [0.1, 0.15) is 5.76 Å². The van der Waals surface area contributed by atoms with Crippen molar-refractivity contribution in [3.05, 3.63) is 17.9 Å². The SMILES string of the molecule is CCCCOCCCNCc1ccc(S(N)(=O)=O)o1. The molecule has 19 heavy (non-hydrogen) atoms. The van der Waals surface area contributed by atoms with Crippen molar-refractivity contribution in [3.63, 3.8) is 0 Å². The fourth-order valence-corrected chi connectivity index (χ4v) is 1.95. The molecule has 0 radical (unpaired) electrons. The van der Waals surface area contributed by atoms with Gasteiger partial charge in [-0.05, 0) is 31.5 Å². The lowest BCUT2D eigenvalue weighted by atomic mass is 10.3. The van der Waals surface area contributed by atoms with Crippen LogP contribution in [0.1, 0.15) is 31.9 Å². The number of rotatable bonds is 10. The van der Waals surface area contributed by atoms with Gasteiger partial charge in [0.2, 0.25) is 5.09 Å². The second-order valence-electron chi connectivity index (χ2n) is 4.26. The Morgan fingerprint density at radius 1 is 1.32 bits per heavy atom. The molecule has 1 heterocycles. The first-order valence-electron chi connectivity index (χ1n) is 6.44. The van der Waals surface area contributed by atoms with E-state index >= 15 is 0 Å². The summed E-state index contributed by atoms with van der Waals surface area (Å²) in [6, 6.07) is 2.96. The number of hydrogen-bond donors (Lipinski definition) is 2. The molecule has 0 saturated carbocycles. The summed E-state index contributed by atoms with van der Waals surface area (Å²) in [5.74, 6) is 0.552. The minimum Gasteiger partial charge on any atom is -0.447 e. The highest BCUT2D eigenvalue weighted by Crippen LogP contribution is 2.11. The van der Waals surface area contributed by atoms with E-state index in [1.54, 1.807) is 6.07 Å². The molecule has 1 rings (SSSR count). The molecule has 110 valence electrons. The third-order valence-corrected chi connectivity index (χ3v) is 3.28. The Morgan fingerprint density at radius 2 is 2.05 bits per heavy atom. The van der Waals surface area contributed by atoms with Gasteiger partial charge in [-0.25, -0.2) is 13.6 Å². The van der Waals surface area contributed by atoms with Crippen LogP contribution in [0.25, 0.3) is 0 Å². The van der Waals surface area contributed by atoms with E-state index in [2.05, 4.69) is 12.2 Å². The van der Waals surface area contributed by atoms with Gasteiger partial charge in [0.25, 0.3) is 10.0 Å². The van der Waals surface area contributed by atoms with Crippen molar-refractivity contribution >= 4 is 10.0 Å². The Morgan fingerprint density at radius 3 is 2.68 bits per heavy atom. The van der Waals surface area contributed by atoms with Gasteiger partial charge >= 0.3 is 0 Å². The van der Waals surface area contributed by atoms with Crippen LogP contribution in [0.15, 0.2) is 21.6 Å². The summed E-state index contributed by atoms with van der Waals surface area (Å²) in [5, 5.41) is 7.89. The van der Waals surface area contributed by atoms with Gasteiger partial charge in [0, 0.05) is 13.2 Å². The number of hydrogen-bond acceptors (Lipinski definition) is 5. The number of primary sulfonamides is 1. The summed E-state index contributed by atoms with van der Waals surface area (Å²) in [6.07, 6.45) is 3.14. The quantitative estimate of drug-likeness (QED) is 0.632. The molecule has 6 nitrogen and oxygen atoms in total. The first kappa shape index (κ1) is 16.2. The Bertz CT molecular complexity index is 456. The standard InChI is InChI=1S/C12H22N2O4S/c1-2-3-8-17-9-4-7-14-10-11-5-6-12(18-11)19(13,15)16/h5-6,14H,2-4,7-10H2,1H3,(H2,13,15,16). The van der Waals surface area contributed by atoms with Gasteiger partial charge in [-0.3, -0.25) is 0 Å². The van der Waals surface area contributed by atoms with E-state index < -0.39 is 10.0 Å². The van der Waals surface area contributed by atoms with Gasteiger partial charge in [-0.2, -0.15) is 0 Å². The summed E-state index contributed by atoms with van der Waals surface area (Å²) in [5.41, 5.74) is 0. The molecule has 0 amide bonds. The van der Waals surface area contributed by atoms with Crippen LogP contribution in [-0.4, -0.2) is 28.2 Å².